The molecule has 0 bridgehead atoms. The molecule has 0 fully saturated rings. The molecule has 8 heteroatoms. The average molecular weight is 452 g/mol. The maximum Gasteiger partial charge on any atom is 0.307 e. The first-order chi connectivity index (χ1) is 15.5. The Kier molecular flexibility index (Phi) is 8.51. The quantitative estimate of drug-likeness (QED) is 0.460. The number of benzene rings is 2. The van der Waals surface area contributed by atoms with Crippen LogP contribution in [-0.4, -0.2) is 29.3 Å². The Balaban J connectivity index is 1.33. The van der Waals surface area contributed by atoms with E-state index in [0.717, 1.165) is 16.8 Å². The molecule has 0 aliphatic carbocycles. The Morgan fingerprint density at radius 1 is 0.969 bits per heavy atom. The van der Waals surface area contributed by atoms with Gasteiger partial charge in [-0.15, -0.1) is 11.3 Å². The van der Waals surface area contributed by atoms with Gasteiger partial charge in [0.15, 0.2) is 0 Å². The van der Waals surface area contributed by atoms with E-state index in [1.54, 1.807) is 5.38 Å². The Morgan fingerprint density at radius 2 is 1.72 bits per heavy atom. The molecule has 0 atom stereocenters. The topological polar surface area (TPSA) is 97.4 Å². The number of aryl methyl sites for hydroxylation is 1. The summed E-state index contributed by atoms with van der Waals surface area (Å²) in [7, 11) is 0. The number of carbonyl (C=O) groups is 3. The number of hydrogen-bond donors (Lipinski definition) is 2. The van der Waals surface area contributed by atoms with Gasteiger partial charge in [0.2, 0.25) is 11.8 Å². The van der Waals surface area contributed by atoms with Crippen molar-refractivity contribution in [2.75, 3.05) is 11.9 Å². The molecule has 1 heterocycles. The molecule has 166 valence electrons. The van der Waals surface area contributed by atoms with Gasteiger partial charge in [-0.05, 0) is 24.6 Å². The molecule has 7 nitrogen and oxygen atoms in total. The number of nitrogens with zero attached hydrogens (tertiary/aromatic N) is 1. The third kappa shape index (κ3) is 7.96. The zero-order valence-electron chi connectivity index (χ0n) is 17.8. The third-order valence-electron chi connectivity index (χ3n) is 4.49. The van der Waals surface area contributed by atoms with Crippen molar-refractivity contribution in [2.24, 2.45) is 0 Å². The molecule has 1 aromatic heterocycles. The van der Waals surface area contributed by atoms with E-state index < -0.39 is 5.97 Å². The summed E-state index contributed by atoms with van der Waals surface area (Å²) < 4.78 is 5.21. The third-order valence-corrected chi connectivity index (χ3v) is 5.38. The van der Waals surface area contributed by atoms with Crippen LogP contribution >= 0.6 is 11.3 Å². The van der Waals surface area contributed by atoms with Crippen LogP contribution in [0, 0.1) is 6.92 Å². The summed E-state index contributed by atoms with van der Waals surface area (Å²) in [5, 5.41) is 7.96. The summed E-state index contributed by atoms with van der Waals surface area (Å²) >= 11 is 1.34. The maximum atomic E-state index is 12.2. The zero-order chi connectivity index (χ0) is 22.8. The van der Waals surface area contributed by atoms with Gasteiger partial charge in [-0.1, -0.05) is 48.0 Å². The molecule has 0 aliphatic rings. The van der Waals surface area contributed by atoms with Crippen LogP contribution in [0.1, 0.15) is 28.2 Å². The summed E-state index contributed by atoms with van der Waals surface area (Å²) in [6.45, 7) is 2.23. The second kappa shape index (κ2) is 11.8. The predicted molar refractivity (Wildman–Crippen MR) is 123 cm³/mol. The molecule has 0 saturated heterocycles. The van der Waals surface area contributed by atoms with Gasteiger partial charge in [0.25, 0.3) is 0 Å². The highest BCUT2D eigenvalue weighted by Gasteiger charge is 2.11. The van der Waals surface area contributed by atoms with Gasteiger partial charge in [0.05, 0.1) is 25.0 Å². The Bertz CT molecular complexity index is 1050. The Morgan fingerprint density at radius 3 is 2.47 bits per heavy atom. The Hall–Kier alpha value is -3.52. The minimum absolute atomic E-state index is 0.0346. The van der Waals surface area contributed by atoms with Crippen molar-refractivity contribution in [3.63, 3.8) is 0 Å². The van der Waals surface area contributed by atoms with E-state index in [1.165, 1.54) is 11.3 Å². The van der Waals surface area contributed by atoms with Crippen LogP contribution in [-0.2, 0) is 38.6 Å². The summed E-state index contributed by atoms with van der Waals surface area (Å²) in [6.07, 6.45) is 0.505. The number of esters is 1. The molecule has 2 amide bonds. The van der Waals surface area contributed by atoms with Crippen molar-refractivity contribution in [3.05, 3.63) is 81.8 Å². The maximum absolute atomic E-state index is 12.2. The van der Waals surface area contributed by atoms with Crippen LogP contribution in [0.25, 0.3) is 0 Å². The fraction of sp³-hybridized carbons (Fsp3) is 0.250. The lowest BCUT2D eigenvalue weighted by Crippen LogP contribution is -2.27. The fourth-order valence-corrected chi connectivity index (χ4v) is 3.63. The molecule has 0 aliphatic heterocycles. The van der Waals surface area contributed by atoms with Crippen molar-refractivity contribution < 1.29 is 19.1 Å². The minimum atomic E-state index is -0.420. The summed E-state index contributed by atoms with van der Waals surface area (Å²) in [5.41, 5.74) is 3.37. The highest BCUT2D eigenvalue weighted by molar-refractivity contribution is 7.09. The number of aromatic nitrogens is 1. The first-order valence-electron chi connectivity index (χ1n) is 10.2. The van der Waals surface area contributed by atoms with E-state index in [-0.39, 0.29) is 44.2 Å². The molecule has 2 aromatic carbocycles. The van der Waals surface area contributed by atoms with E-state index in [4.69, 9.17) is 4.74 Å². The lowest BCUT2D eigenvalue weighted by molar-refractivity contribution is -0.145. The van der Waals surface area contributed by atoms with Crippen LogP contribution < -0.4 is 10.6 Å². The standard InChI is InChI=1S/C24H25N3O4S/c1-17-7-9-19(10-8-17)26-22(29)14-23-27-20(16-32-23)15-31-24(30)11-12-25-21(28)13-18-5-3-2-4-6-18/h2-10,16H,11-15H2,1H3,(H,25,28)(H,26,29). The van der Waals surface area contributed by atoms with Gasteiger partial charge in [-0.3, -0.25) is 14.4 Å². The zero-order valence-corrected chi connectivity index (χ0v) is 18.6. The molecule has 0 unspecified atom stereocenters. The number of nitrogens with one attached hydrogen (secondary N) is 2. The Labute approximate surface area is 190 Å². The minimum Gasteiger partial charge on any atom is -0.459 e. The van der Waals surface area contributed by atoms with Crippen molar-refractivity contribution in [1.29, 1.82) is 0 Å². The number of thiazole rings is 1. The molecule has 3 aromatic rings. The van der Waals surface area contributed by atoms with Crippen LogP contribution in [0.5, 0.6) is 0 Å². The fourth-order valence-electron chi connectivity index (χ4n) is 2.85. The number of hydrogen-bond acceptors (Lipinski definition) is 6. The van der Waals surface area contributed by atoms with E-state index >= 15 is 0 Å². The molecule has 0 radical (unpaired) electrons. The SMILES string of the molecule is Cc1ccc(NC(=O)Cc2nc(COC(=O)CCNC(=O)Cc3ccccc3)cs2)cc1. The molecular formula is C24H25N3O4S. The predicted octanol–water partition coefficient (Wildman–Crippen LogP) is 3.42. The van der Waals surface area contributed by atoms with Crippen molar-refractivity contribution in [1.82, 2.24) is 10.3 Å². The highest BCUT2D eigenvalue weighted by atomic mass is 32.1. The monoisotopic (exact) mass is 451 g/mol. The number of rotatable bonds is 10. The molecule has 2 N–H and O–H groups in total. The lowest BCUT2D eigenvalue weighted by Gasteiger charge is -2.06. The second-order valence-corrected chi connectivity index (χ2v) is 8.19. The summed E-state index contributed by atoms with van der Waals surface area (Å²) in [4.78, 5) is 40.3. The van der Waals surface area contributed by atoms with Gasteiger partial charge in [-0.2, -0.15) is 0 Å². The van der Waals surface area contributed by atoms with Crippen LogP contribution in [0.4, 0.5) is 5.69 Å². The van der Waals surface area contributed by atoms with Gasteiger partial charge in [0, 0.05) is 17.6 Å². The first-order valence-corrected chi connectivity index (χ1v) is 11.1. The molecule has 0 spiro atoms. The van der Waals surface area contributed by atoms with Gasteiger partial charge in [0.1, 0.15) is 11.6 Å². The van der Waals surface area contributed by atoms with E-state index in [0.29, 0.717) is 10.7 Å². The van der Waals surface area contributed by atoms with Crippen LogP contribution in [0.3, 0.4) is 0 Å². The van der Waals surface area contributed by atoms with E-state index in [1.807, 2.05) is 61.5 Å². The molecule has 3 rings (SSSR count). The number of ether oxygens (including phenoxy) is 1. The molecule has 0 saturated carbocycles. The summed E-state index contributed by atoms with van der Waals surface area (Å²) in [6, 6.07) is 17.0. The number of carbonyl (C=O) groups excluding carboxylic acids is 3. The van der Waals surface area contributed by atoms with Gasteiger partial charge >= 0.3 is 5.97 Å². The van der Waals surface area contributed by atoms with Gasteiger partial charge < -0.3 is 15.4 Å². The van der Waals surface area contributed by atoms with Crippen molar-refractivity contribution in [3.8, 4) is 0 Å². The molecular weight excluding hydrogens is 426 g/mol. The van der Waals surface area contributed by atoms with Crippen LogP contribution in [0.15, 0.2) is 60.0 Å². The van der Waals surface area contributed by atoms with Crippen molar-refractivity contribution in [2.45, 2.75) is 32.8 Å². The highest BCUT2D eigenvalue weighted by Crippen LogP contribution is 2.14. The average Bonchev–Trinajstić information content (AvgIpc) is 3.22. The largest absolute Gasteiger partial charge is 0.459 e. The second-order valence-electron chi connectivity index (χ2n) is 7.25. The van der Waals surface area contributed by atoms with Gasteiger partial charge in [-0.25, -0.2) is 4.98 Å². The van der Waals surface area contributed by atoms with Crippen LogP contribution in [0.2, 0.25) is 0 Å². The molecule has 32 heavy (non-hydrogen) atoms. The van der Waals surface area contributed by atoms with E-state index in [2.05, 4.69) is 15.6 Å². The number of amides is 2. The first kappa shape index (κ1) is 23.1. The number of anilines is 1. The van der Waals surface area contributed by atoms with Crippen molar-refractivity contribution >= 4 is 34.8 Å². The normalized spacial score (nSPS) is 10.4. The smallest absolute Gasteiger partial charge is 0.307 e. The van der Waals surface area contributed by atoms with E-state index in [9.17, 15) is 14.4 Å². The lowest BCUT2D eigenvalue weighted by atomic mass is 10.1. The summed E-state index contributed by atoms with van der Waals surface area (Å²) in [5.74, 6) is -0.716.